The minimum absolute atomic E-state index is 0.291. The standard InChI is InChI=1S/C13H18O2/c1-7-5-6-11-10(4)12(14)8(2)9(3)13(11)15-7/h7,14H,5-6H2,1-4H3/t7-/m0/s1. The van der Waals surface area contributed by atoms with Crippen LogP contribution in [0.4, 0.5) is 0 Å². The molecule has 0 unspecified atom stereocenters. The molecule has 82 valence electrons. The third-order valence-electron chi connectivity index (χ3n) is 3.46. The zero-order chi connectivity index (χ0) is 11.2. The molecule has 15 heavy (non-hydrogen) atoms. The van der Waals surface area contributed by atoms with Crippen molar-refractivity contribution in [1.82, 2.24) is 0 Å². The van der Waals surface area contributed by atoms with Crippen LogP contribution in [0.1, 0.15) is 35.6 Å². The second-order valence-electron chi connectivity index (χ2n) is 4.50. The summed E-state index contributed by atoms with van der Waals surface area (Å²) in [6, 6.07) is 0. The van der Waals surface area contributed by atoms with E-state index in [0.717, 1.165) is 35.3 Å². The number of hydrogen-bond donors (Lipinski definition) is 1. The van der Waals surface area contributed by atoms with Gasteiger partial charge in [0, 0.05) is 5.56 Å². The molecule has 1 aliphatic heterocycles. The topological polar surface area (TPSA) is 29.5 Å². The second-order valence-corrected chi connectivity index (χ2v) is 4.50. The Labute approximate surface area is 90.9 Å². The summed E-state index contributed by atoms with van der Waals surface area (Å²) in [6.07, 6.45) is 2.34. The van der Waals surface area contributed by atoms with Crippen molar-refractivity contribution in [2.75, 3.05) is 0 Å². The van der Waals surface area contributed by atoms with Crippen LogP contribution < -0.4 is 4.74 Å². The van der Waals surface area contributed by atoms with Gasteiger partial charge in [0.2, 0.25) is 0 Å². The van der Waals surface area contributed by atoms with E-state index in [9.17, 15) is 5.11 Å². The summed E-state index contributed by atoms with van der Waals surface area (Å²) in [4.78, 5) is 0. The summed E-state index contributed by atoms with van der Waals surface area (Å²) in [5.74, 6) is 1.44. The van der Waals surface area contributed by atoms with E-state index in [1.165, 1.54) is 5.56 Å². The van der Waals surface area contributed by atoms with Crippen molar-refractivity contribution in [3.63, 3.8) is 0 Å². The van der Waals surface area contributed by atoms with Crippen molar-refractivity contribution in [3.8, 4) is 11.5 Å². The van der Waals surface area contributed by atoms with E-state index in [2.05, 4.69) is 6.92 Å². The van der Waals surface area contributed by atoms with Gasteiger partial charge in [-0.15, -0.1) is 0 Å². The van der Waals surface area contributed by atoms with Crippen LogP contribution in [-0.2, 0) is 6.42 Å². The summed E-state index contributed by atoms with van der Waals surface area (Å²) in [6.45, 7) is 8.03. The van der Waals surface area contributed by atoms with Crippen molar-refractivity contribution in [2.24, 2.45) is 0 Å². The molecule has 1 aromatic rings. The van der Waals surface area contributed by atoms with Gasteiger partial charge in [-0.3, -0.25) is 0 Å². The van der Waals surface area contributed by atoms with Gasteiger partial charge in [-0.2, -0.15) is 0 Å². The van der Waals surface area contributed by atoms with Gasteiger partial charge < -0.3 is 9.84 Å². The number of phenols is 1. The fraction of sp³-hybridized carbons (Fsp3) is 0.538. The first-order valence-corrected chi connectivity index (χ1v) is 5.50. The Bertz CT molecular complexity index is 408. The van der Waals surface area contributed by atoms with E-state index in [-0.39, 0.29) is 0 Å². The molecule has 0 aliphatic carbocycles. The highest BCUT2D eigenvalue weighted by Gasteiger charge is 2.23. The maximum atomic E-state index is 9.95. The predicted molar refractivity (Wildman–Crippen MR) is 60.7 cm³/mol. The fourth-order valence-corrected chi connectivity index (χ4v) is 2.24. The van der Waals surface area contributed by atoms with Crippen molar-refractivity contribution >= 4 is 0 Å². The number of rotatable bonds is 0. The minimum Gasteiger partial charge on any atom is -0.507 e. The SMILES string of the molecule is Cc1c(C)c2c(c(C)c1O)CC[C@H](C)O2. The van der Waals surface area contributed by atoms with Crippen molar-refractivity contribution in [2.45, 2.75) is 46.6 Å². The lowest BCUT2D eigenvalue weighted by Gasteiger charge is -2.27. The lowest BCUT2D eigenvalue weighted by molar-refractivity contribution is 0.190. The number of fused-ring (bicyclic) bond motifs is 1. The lowest BCUT2D eigenvalue weighted by Crippen LogP contribution is -2.20. The van der Waals surface area contributed by atoms with E-state index in [1.54, 1.807) is 0 Å². The predicted octanol–water partition coefficient (Wildman–Crippen LogP) is 3.03. The van der Waals surface area contributed by atoms with E-state index in [0.29, 0.717) is 11.9 Å². The Morgan fingerprint density at radius 2 is 1.80 bits per heavy atom. The van der Waals surface area contributed by atoms with Gasteiger partial charge in [0.1, 0.15) is 11.5 Å². The van der Waals surface area contributed by atoms with Crippen molar-refractivity contribution in [1.29, 1.82) is 0 Å². The van der Waals surface area contributed by atoms with Crippen LogP contribution in [0.3, 0.4) is 0 Å². The van der Waals surface area contributed by atoms with Gasteiger partial charge in [0.15, 0.2) is 0 Å². The lowest BCUT2D eigenvalue weighted by atomic mass is 9.92. The van der Waals surface area contributed by atoms with Gasteiger partial charge >= 0.3 is 0 Å². The molecule has 2 heteroatoms. The first-order valence-electron chi connectivity index (χ1n) is 5.50. The Morgan fingerprint density at radius 3 is 2.47 bits per heavy atom. The molecule has 0 bridgehead atoms. The molecule has 1 atom stereocenters. The molecule has 0 aromatic heterocycles. The monoisotopic (exact) mass is 206 g/mol. The van der Waals surface area contributed by atoms with Gasteiger partial charge in [-0.05, 0) is 57.2 Å². The third-order valence-corrected chi connectivity index (χ3v) is 3.46. The Kier molecular flexibility index (Phi) is 2.37. The van der Waals surface area contributed by atoms with Crippen molar-refractivity contribution < 1.29 is 9.84 Å². The van der Waals surface area contributed by atoms with E-state index < -0.39 is 0 Å². The number of aromatic hydroxyl groups is 1. The smallest absolute Gasteiger partial charge is 0.126 e. The quantitative estimate of drug-likeness (QED) is 0.707. The number of ether oxygens (including phenoxy) is 1. The molecule has 1 aromatic carbocycles. The molecule has 0 fully saturated rings. The summed E-state index contributed by atoms with van der Waals surface area (Å²) >= 11 is 0. The molecule has 0 saturated carbocycles. The Morgan fingerprint density at radius 1 is 1.13 bits per heavy atom. The molecule has 0 amide bonds. The largest absolute Gasteiger partial charge is 0.507 e. The van der Waals surface area contributed by atoms with Crippen LogP contribution in [0.5, 0.6) is 11.5 Å². The molecule has 2 rings (SSSR count). The Balaban J connectivity index is 2.65. The first kappa shape index (κ1) is 10.3. The van der Waals surface area contributed by atoms with Crippen LogP contribution in [0, 0.1) is 20.8 Å². The highest BCUT2D eigenvalue weighted by molar-refractivity contribution is 5.58. The molecular weight excluding hydrogens is 188 g/mol. The van der Waals surface area contributed by atoms with Crippen LogP contribution in [0.25, 0.3) is 0 Å². The average Bonchev–Trinajstić information content (AvgIpc) is 2.23. The molecule has 0 radical (unpaired) electrons. The zero-order valence-corrected chi connectivity index (χ0v) is 9.85. The van der Waals surface area contributed by atoms with Crippen LogP contribution in [-0.4, -0.2) is 11.2 Å². The zero-order valence-electron chi connectivity index (χ0n) is 9.85. The van der Waals surface area contributed by atoms with E-state index in [1.807, 2.05) is 20.8 Å². The fourth-order valence-electron chi connectivity index (χ4n) is 2.24. The summed E-state index contributed by atoms with van der Waals surface area (Å²) in [5.41, 5.74) is 4.20. The summed E-state index contributed by atoms with van der Waals surface area (Å²) < 4.78 is 5.87. The Hall–Kier alpha value is -1.18. The molecule has 1 aliphatic rings. The highest BCUT2D eigenvalue weighted by atomic mass is 16.5. The second kappa shape index (κ2) is 3.44. The van der Waals surface area contributed by atoms with Crippen LogP contribution in [0.15, 0.2) is 0 Å². The normalized spacial score (nSPS) is 19.6. The van der Waals surface area contributed by atoms with E-state index >= 15 is 0 Å². The number of benzene rings is 1. The molecule has 0 saturated heterocycles. The molecule has 1 N–H and O–H groups in total. The average molecular weight is 206 g/mol. The number of phenolic OH excluding ortho intramolecular Hbond substituents is 1. The molecule has 1 heterocycles. The molecule has 2 nitrogen and oxygen atoms in total. The maximum Gasteiger partial charge on any atom is 0.126 e. The summed E-state index contributed by atoms with van der Waals surface area (Å²) in [7, 11) is 0. The van der Waals surface area contributed by atoms with Crippen LogP contribution in [0.2, 0.25) is 0 Å². The van der Waals surface area contributed by atoms with Crippen LogP contribution >= 0.6 is 0 Å². The molecular formula is C13H18O2. The van der Waals surface area contributed by atoms with E-state index in [4.69, 9.17) is 4.74 Å². The third kappa shape index (κ3) is 1.48. The number of hydrogen-bond acceptors (Lipinski definition) is 2. The molecule has 0 spiro atoms. The first-order chi connectivity index (χ1) is 7.02. The van der Waals surface area contributed by atoms with Crippen molar-refractivity contribution in [3.05, 3.63) is 22.3 Å². The van der Waals surface area contributed by atoms with Gasteiger partial charge in [0.05, 0.1) is 6.10 Å². The summed E-state index contributed by atoms with van der Waals surface area (Å²) in [5, 5.41) is 9.95. The van der Waals surface area contributed by atoms with Gasteiger partial charge in [-0.25, -0.2) is 0 Å². The maximum absolute atomic E-state index is 9.95. The van der Waals surface area contributed by atoms with Gasteiger partial charge in [0.25, 0.3) is 0 Å². The van der Waals surface area contributed by atoms with Gasteiger partial charge in [-0.1, -0.05) is 0 Å². The highest BCUT2D eigenvalue weighted by Crippen LogP contribution is 2.40. The minimum atomic E-state index is 0.291.